The predicted octanol–water partition coefficient (Wildman–Crippen LogP) is 5.69. The van der Waals surface area contributed by atoms with Crippen molar-refractivity contribution in [1.29, 1.82) is 0 Å². The first-order chi connectivity index (χ1) is 11.4. The predicted molar refractivity (Wildman–Crippen MR) is 93.8 cm³/mol. The van der Waals surface area contributed by atoms with Gasteiger partial charge in [-0.1, -0.05) is 34.8 Å². The third kappa shape index (κ3) is 3.70. The molecular weight excluding hydrogens is 376 g/mol. The van der Waals surface area contributed by atoms with Crippen LogP contribution < -0.4 is 5.32 Å². The van der Waals surface area contributed by atoms with Crippen LogP contribution in [0.15, 0.2) is 42.5 Å². The fraction of sp³-hybridized carbons (Fsp3) is 0. The standard InChI is InChI=1S/C16H9Cl3FN3O/c17-11-5-10(6-12(18)15(11)24)21-14-7-13(19)22-16(23-14)8-1-3-9(20)4-2-8/h1-7,24H,(H,21,22,23). The first-order valence-electron chi connectivity index (χ1n) is 6.68. The smallest absolute Gasteiger partial charge is 0.163 e. The van der Waals surface area contributed by atoms with E-state index in [-0.39, 0.29) is 26.8 Å². The summed E-state index contributed by atoms with van der Waals surface area (Å²) >= 11 is 17.8. The second-order valence-electron chi connectivity index (χ2n) is 4.82. The van der Waals surface area contributed by atoms with Crippen LogP contribution in [0.1, 0.15) is 0 Å². The van der Waals surface area contributed by atoms with E-state index < -0.39 is 0 Å². The molecule has 0 saturated heterocycles. The van der Waals surface area contributed by atoms with Gasteiger partial charge >= 0.3 is 0 Å². The summed E-state index contributed by atoms with van der Waals surface area (Å²) in [5, 5.41) is 13.0. The lowest BCUT2D eigenvalue weighted by Gasteiger charge is -2.10. The van der Waals surface area contributed by atoms with Gasteiger partial charge in [0.25, 0.3) is 0 Å². The number of benzene rings is 2. The van der Waals surface area contributed by atoms with Crippen LogP contribution in [0.2, 0.25) is 15.2 Å². The molecule has 24 heavy (non-hydrogen) atoms. The Bertz CT molecular complexity index is 881. The first kappa shape index (κ1) is 16.8. The fourth-order valence-electron chi connectivity index (χ4n) is 2.00. The van der Waals surface area contributed by atoms with Crippen LogP contribution >= 0.6 is 34.8 Å². The summed E-state index contributed by atoms with van der Waals surface area (Å²) in [5.41, 5.74) is 1.13. The molecule has 0 aliphatic heterocycles. The SMILES string of the molecule is Oc1c(Cl)cc(Nc2cc(Cl)nc(-c3ccc(F)cc3)n2)cc1Cl. The van der Waals surface area contributed by atoms with Gasteiger partial charge in [-0.3, -0.25) is 0 Å². The topological polar surface area (TPSA) is 58.0 Å². The van der Waals surface area contributed by atoms with E-state index in [4.69, 9.17) is 34.8 Å². The third-order valence-corrected chi connectivity index (χ3v) is 3.86. The number of aromatic hydroxyl groups is 1. The van der Waals surface area contributed by atoms with Crippen molar-refractivity contribution in [3.63, 3.8) is 0 Å². The first-order valence-corrected chi connectivity index (χ1v) is 7.81. The largest absolute Gasteiger partial charge is 0.505 e. The molecule has 3 rings (SSSR count). The normalized spacial score (nSPS) is 10.7. The van der Waals surface area contributed by atoms with Crippen LogP contribution in [-0.4, -0.2) is 15.1 Å². The van der Waals surface area contributed by atoms with E-state index in [2.05, 4.69) is 15.3 Å². The summed E-state index contributed by atoms with van der Waals surface area (Å²) in [4.78, 5) is 8.46. The second-order valence-corrected chi connectivity index (χ2v) is 6.02. The summed E-state index contributed by atoms with van der Waals surface area (Å²) in [6.07, 6.45) is 0. The number of nitrogens with zero attached hydrogens (tertiary/aromatic N) is 2. The monoisotopic (exact) mass is 383 g/mol. The Morgan fingerprint density at radius 3 is 2.17 bits per heavy atom. The van der Waals surface area contributed by atoms with Crippen LogP contribution in [0.4, 0.5) is 15.9 Å². The summed E-state index contributed by atoms with van der Waals surface area (Å²) < 4.78 is 13.0. The molecule has 0 unspecified atom stereocenters. The second kappa shape index (κ2) is 6.81. The van der Waals surface area contributed by atoms with Crippen molar-refractivity contribution in [1.82, 2.24) is 9.97 Å². The molecule has 0 aliphatic carbocycles. The lowest BCUT2D eigenvalue weighted by Crippen LogP contribution is -1.98. The maximum absolute atomic E-state index is 13.0. The summed E-state index contributed by atoms with van der Waals surface area (Å²) in [6.45, 7) is 0. The molecule has 0 bridgehead atoms. The van der Waals surface area contributed by atoms with Crippen molar-refractivity contribution in [3.8, 4) is 17.1 Å². The molecule has 0 fully saturated rings. The fourth-order valence-corrected chi connectivity index (χ4v) is 2.67. The van der Waals surface area contributed by atoms with E-state index in [1.54, 1.807) is 12.1 Å². The zero-order chi connectivity index (χ0) is 17.3. The van der Waals surface area contributed by atoms with E-state index in [1.165, 1.54) is 30.3 Å². The molecule has 4 nitrogen and oxygen atoms in total. The lowest BCUT2D eigenvalue weighted by molar-refractivity contribution is 0.476. The van der Waals surface area contributed by atoms with E-state index in [9.17, 15) is 9.50 Å². The number of phenolic OH excluding ortho intramolecular Hbond substituents is 1. The van der Waals surface area contributed by atoms with Crippen LogP contribution in [0.25, 0.3) is 11.4 Å². The van der Waals surface area contributed by atoms with Gasteiger partial charge in [0.05, 0.1) is 10.0 Å². The molecule has 0 radical (unpaired) electrons. The van der Waals surface area contributed by atoms with Gasteiger partial charge in [0.15, 0.2) is 11.6 Å². The quantitative estimate of drug-likeness (QED) is 0.450. The molecule has 3 aromatic rings. The van der Waals surface area contributed by atoms with Gasteiger partial charge in [-0.05, 0) is 36.4 Å². The number of anilines is 2. The van der Waals surface area contributed by atoms with Gasteiger partial charge < -0.3 is 10.4 Å². The van der Waals surface area contributed by atoms with E-state index >= 15 is 0 Å². The molecule has 8 heteroatoms. The van der Waals surface area contributed by atoms with Crippen molar-refractivity contribution < 1.29 is 9.50 Å². The Kier molecular flexibility index (Phi) is 4.76. The Labute approximate surface area is 151 Å². The van der Waals surface area contributed by atoms with Gasteiger partial charge in [-0.15, -0.1) is 0 Å². The number of aromatic nitrogens is 2. The van der Waals surface area contributed by atoms with Crippen molar-refractivity contribution in [3.05, 3.63) is 63.5 Å². The van der Waals surface area contributed by atoms with Crippen molar-refractivity contribution in [2.75, 3.05) is 5.32 Å². The zero-order valence-corrected chi connectivity index (χ0v) is 14.2. The lowest BCUT2D eigenvalue weighted by atomic mass is 10.2. The Morgan fingerprint density at radius 1 is 0.917 bits per heavy atom. The number of rotatable bonds is 3. The van der Waals surface area contributed by atoms with Gasteiger partial charge in [0.2, 0.25) is 0 Å². The van der Waals surface area contributed by atoms with Crippen LogP contribution in [0.5, 0.6) is 5.75 Å². The summed E-state index contributed by atoms with van der Waals surface area (Å²) in [6, 6.07) is 10.2. The summed E-state index contributed by atoms with van der Waals surface area (Å²) in [5.74, 6) is 0.178. The van der Waals surface area contributed by atoms with Crippen molar-refractivity contribution in [2.45, 2.75) is 0 Å². The Hall–Kier alpha value is -2.08. The molecule has 0 spiro atoms. The average Bonchev–Trinajstić information content (AvgIpc) is 2.52. The molecule has 0 atom stereocenters. The minimum atomic E-state index is -0.354. The highest BCUT2D eigenvalue weighted by Crippen LogP contribution is 2.35. The van der Waals surface area contributed by atoms with Crippen LogP contribution in [-0.2, 0) is 0 Å². The number of hydrogen-bond acceptors (Lipinski definition) is 4. The minimum absolute atomic E-state index is 0.101. The highest BCUT2D eigenvalue weighted by atomic mass is 35.5. The summed E-state index contributed by atoms with van der Waals surface area (Å²) in [7, 11) is 0. The average molecular weight is 385 g/mol. The Balaban J connectivity index is 1.96. The Morgan fingerprint density at radius 2 is 1.54 bits per heavy atom. The molecule has 0 saturated carbocycles. The molecule has 0 aliphatic rings. The maximum atomic E-state index is 13.0. The van der Waals surface area contributed by atoms with Gasteiger partial charge in [0.1, 0.15) is 16.8 Å². The molecule has 1 heterocycles. The number of phenols is 1. The van der Waals surface area contributed by atoms with E-state index in [0.717, 1.165) is 0 Å². The molecule has 2 N–H and O–H groups in total. The molecule has 122 valence electrons. The van der Waals surface area contributed by atoms with E-state index in [0.29, 0.717) is 22.9 Å². The molecule has 2 aromatic carbocycles. The molecular formula is C16H9Cl3FN3O. The van der Waals surface area contributed by atoms with Crippen LogP contribution in [0, 0.1) is 5.82 Å². The van der Waals surface area contributed by atoms with Gasteiger partial charge in [-0.2, -0.15) is 0 Å². The number of hydrogen-bond donors (Lipinski definition) is 2. The number of halogens is 4. The minimum Gasteiger partial charge on any atom is -0.505 e. The van der Waals surface area contributed by atoms with E-state index in [1.807, 2.05) is 0 Å². The number of nitrogens with one attached hydrogen (secondary N) is 1. The maximum Gasteiger partial charge on any atom is 0.163 e. The molecule has 1 aromatic heterocycles. The highest BCUT2D eigenvalue weighted by molar-refractivity contribution is 6.37. The third-order valence-electron chi connectivity index (χ3n) is 3.09. The van der Waals surface area contributed by atoms with Gasteiger partial charge in [0, 0.05) is 17.3 Å². The highest BCUT2D eigenvalue weighted by Gasteiger charge is 2.10. The van der Waals surface area contributed by atoms with Gasteiger partial charge in [-0.25, -0.2) is 14.4 Å². The zero-order valence-electron chi connectivity index (χ0n) is 11.9. The molecule has 0 amide bonds. The van der Waals surface area contributed by atoms with Crippen LogP contribution in [0.3, 0.4) is 0 Å². The van der Waals surface area contributed by atoms with Crippen molar-refractivity contribution >= 4 is 46.3 Å². The van der Waals surface area contributed by atoms with Crippen molar-refractivity contribution in [2.24, 2.45) is 0 Å².